The fourth-order valence-corrected chi connectivity index (χ4v) is 5.32. The van der Waals surface area contributed by atoms with Crippen molar-refractivity contribution in [3.8, 4) is 6.07 Å². The van der Waals surface area contributed by atoms with Crippen LogP contribution < -0.4 is 4.90 Å². The number of rotatable bonds is 3. The molecule has 0 N–H and O–H groups in total. The van der Waals surface area contributed by atoms with Crippen molar-refractivity contribution in [1.29, 1.82) is 5.26 Å². The number of aryl methyl sites for hydroxylation is 1. The minimum Gasteiger partial charge on any atom is -0.343 e. The van der Waals surface area contributed by atoms with E-state index in [1.165, 1.54) is 10.5 Å². The van der Waals surface area contributed by atoms with E-state index < -0.39 is 0 Å². The number of carbonyl (C=O) groups excluding carboxylic acids is 1. The third-order valence-electron chi connectivity index (χ3n) is 5.27. The highest BCUT2D eigenvalue weighted by Gasteiger charge is 2.38. The van der Waals surface area contributed by atoms with Gasteiger partial charge in [-0.1, -0.05) is 42.1 Å². The Kier molecular flexibility index (Phi) is 5.38. The van der Waals surface area contributed by atoms with E-state index in [2.05, 4.69) is 42.2 Å². The molecule has 1 atom stereocenters. The van der Waals surface area contributed by atoms with Crippen LogP contribution >= 0.6 is 23.5 Å². The van der Waals surface area contributed by atoms with Gasteiger partial charge in [-0.2, -0.15) is 5.26 Å². The SMILES string of the molecule is CSc1ccc(C2CC(=O)N3CN(c4ccccc4C)CSC3=C2C#N)cc1. The molecule has 0 aromatic heterocycles. The van der Waals surface area contributed by atoms with Gasteiger partial charge in [-0.25, -0.2) is 0 Å². The largest absolute Gasteiger partial charge is 0.343 e. The maximum atomic E-state index is 13.0. The summed E-state index contributed by atoms with van der Waals surface area (Å²) in [5.41, 5.74) is 4.07. The van der Waals surface area contributed by atoms with Crippen LogP contribution in [-0.4, -0.2) is 29.6 Å². The molecule has 2 aromatic rings. The predicted octanol–water partition coefficient (Wildman–Crippen LogP) is 4.94. The Morgan fingerprint density at radius 2 is 1.93 bits per heavy atom. The van der Waals surface area contributed by atoms with Crippen LogP contribution in [0.5, 0.6) is 0 Å². The second-order valence-corrected chi connectivity index (χ2v) is 8.74. The average molecular weight is 408 g/mol. The number of hydrogen-bond acceptors (Lipinski definition) is 5. The summed E-state index contributed by atoms with van der Waals surface area (Å²) in [5, 5.41) is 10.7. The standard InChI is InChI=1S/C22H21N3OS2/c1-15-5-3-4-6-20(15)24-13-25-21(26)11-18(19(12-23)22(25)28-14-24)16-7-9-17(27-2)10-8-16/h3-10,18H,11,13-14H2,1-2H3. The van der Waals surface area contributed by atoms with E-state index in [4.69, 9.17) is 0 Å². The Morgan fingerprint density at radius 1 is 1.18 bits per heavy atom. The summed E-state index contributed by atoms with van der Waals surface area (Å²) in [6, 6.07) is 18.8. The highest BCUT2D eigenvalue weighted by atomic mass is 32.2. The van der Waals surface area contributed by atoms with Gasteiger partial charge in [-0.05, 0) is 42.5 Å². The van der Waals surface area contributed by atoms with E-state index >= 15 is 0 Å². The molecule has 2 aliphatic heterocycles. The molecule has 4 nitrogen and oxygen atoms in total. The minimum atomic E-state index is -0.155. The molecule has 1 amide bonds. The first kappa shape index (κ1) is 19.0. The highest BCUT2D eigenvalue weighted by molar-refractivity contribution is 8.03. The molecule has 0 radical (unpaired) electrons. The van der Waals surface area contributed by atoms with Crippen molar-refractivity contribution >= 4 is 35.1 Å². The molecule has 0 saturated carbocycles. The average Bonchev–Trinajstić information content (AvgIpc) is 2.74. The highest BCUT2D eigenvalue weighted by Crippen LogP contribution is 2.43. The molecule has 4 rings (SSSR count). The number of amides is 1. The van der Waals surface area contributed by atoms with Crippen molar-refractivity contribution in [3.63, 3.8) is 0 Å². The van der Waals surface area contributed by atoms with Gasteiger partial charge in [0.25, 0.3) is 0 Å². The first-order valence-electron chi connectivity index (χ1n) is 9.14. The van der Waals surface area contributed by atoms with E-state index in [-0.39, 0.29) is 11.8 Å². The summed E-state index contributed by atoms with van der Waals surface area (Å²) in [7, 11) is 0. The molecule has 1 fully saturated rings. The van der Waals surface area contributed by atoms with Gasteiger partial charge in [0.1, 0.15) is 0 Å². The van der Waals surface area contributed by atoms with E-state index in [1.807, 2.05) is 30.5 Å². The van der Waals surface area contributed by atoms with Gasteiger partial charge in [0.2, 0.25) is 5.91 Å². The maximum absolute atomic E-state index is 13.0. The minimum absolute atomic E-state index is 0.0822. The number of nitriles is 1. The Labute approximate surface area is 174 Å². The van der Waals surface area contributed by atoms with E-state index in [0.29, 0.717) is 18.7 Å². The zero-order valence-corrected chi connectivity index (χ0v) is 17.5. The first-order valence-corrected chi connectivity index (χ1v) is 11.4. The molecule has 2 aliphatic rings. The lowest BCUT2D eigenvalue weighted by Gasteiger charge is -2.42. The molecule has 1 unspecified atom stereocenters. The molecular formula is C22H21N3OS2. The molecule has 0 aliphatic carbocycles. The number of para-hydroxylation sites is 1. The number of benzene rings is 2. The summed E-state index contributed by atoms with van der Waals surface area (Å²) >= 11 is 3.27. The normalized spacial score (nSPS) is 19.5. The summed E-state index contributed by atoms with van der Waals surface area (Å²) in [6.45, 7) is 2.58. The number of fused-ring (bicyclic) bond motifs is 1. The number of allylic oxidation sites excluding steroid dienone is 1. The van der Waals surface area contributed by atoms with Crippen LogP contribution in [0.3, 0.4) is 0 Å². The second kappa shape index (κ2) is 7.94. The zero-order chi connectivity index (χ0) is 19.7. The van der Waals surface area contributed by atoms with Crippen molar-refractivity contribution in [3.05, 3.63) is 70.3 Å². The topological polar surface area (TPSA) is 47.3 Å². The van der Waals surface area contributed by atoms with E-state index in [0.717, 1.165) is 22.2 Å². The monoisotopic (exact) mass is 407 g/mol. The quantitative estimate of drug-likeness (QED) is 0.675. The number of anilines is 1. The molecule has 2 heterocycles. The predicted molar refractivity (Wildman–Crippen MR) is 116 cm³/mol. The lowest BCUT2D eigenvalue weighted by atomic mass is 9.86. The van der Waals surface area contributed by atoms with E-state index in [9.17, 15) is 10.1 Å². The van der Waals surface area contributed by atoms with Gasteiger partial charge in [0.15, 0.2) is 0 Å². The molecule has 0 bridgehead atoms. The summed E-state index contributed by atoms with van der Waals surface area (Å²) in [6.07, 6.45) is 2.38. The summed E-state index contributed by atoms with van der Waals surface area (Å²) < 4.78 is 0. The Balaban J connectivity index is 1.66. The molecule has 6 heteroatoms. The molecule has 142 valence electrons. The number of nitrogens with zero attached hydrogens (tertiary/aromatic N) is 3. The van der Waals surface area contributed by atoms with Crippen LogP contribution in [0.2, 0.25) is 0 Å². The van der Waals surface area contributed by atoms with Crippen molar-refractivity contribution in [2.75, 3.05) is 23.7 Å². The van der Waals surface area contributed by atoms with Crippen molar-refractivity contribution in [1.82, 2.24) is 4.90 Å². The third-order valence-corrected chi connectivity index (χ3v) is 7.17. The van der Waals surface area contributed by atoms with Gasteiger partial charge in [-0.15, -0.1) is 11.8 Å². The van der Waals surface area contributed by atoms with Gasteiger partial charge in [0, 0.05) is 22.9 Å². The van der Waals surface area contributed by atoms with Crippen LogP contribution in [0.15, 0.2) is 64.0 Å². The molecule has 1 saturated heterocycles. The Bertz CT molecular complexity index is 978. The molecule has 0 spiro atoms. The Hall–Kier alpha value is -2.36. The second-order valence-electron chi connectivity index (χ2n) is 6.92. The van der Waals surface area contributed by atoms with Crippen LogP contribution in [-0.2, 0) is 4.79 Å². The summed E-state index contributed by atoms with van der Waals surface area (Å²) in [4.78, 5) is 18.2. The van der Waals surface area contributed by atoms with E-state index in [1.54, 1.807) is 28.4 Å². The summed E-state index contributed by atoms with van der Waals surface area (Å²) in [5.74, 6) is 0.656. The van der Waals surface area contributed by atoms with Crippen molar-refractivity contribution in [2.45, 2.75) is 24.2 Å². The number of thioether (sulfide) groups is 2. The van der Waals surface area contributed by atoms with Crippen molar-refractivity contribution < 1.29 is 4.79 Å². The van der Waals surface area contributed by atoms with Gasteiger partial charge >= 0.3 is 0 Å². The zero-order valence-electron chi connectivity index (χ0n) is 15.9. The van der Waals surface area contributed by atoms with Gasteiger partial charge in [-0.3, -0.25) is 9.69 Å². The van der Waals surface area contributed by atoms with Crippen LogP contribution in [0.1, 0.15) is 23.5 Å². The fourth-order valence-electron chi connectivity index (χ4n) is 3.75. The fraction of sp³-hybridized carbons (Fsp3) is 0.273. The van der Waals surface area contributed by atoms with Crippen molar-refractivity contribution in [2.24, 2.45) is 0 Å². The smallest absolute Gasteiger partial charge is 0.229 e. The molecular weight excluding hydrogens is 386 g/mol. The van der Waals surface area contributed by atoms with Crippen LogP contribution in [0.4, 0.5) is 5.69 Å². The lowest BCUT2D eigenvalue weighted by molar-refractivity contribution is -0.129. The van der Waals surface area contributed by atoms with Crippen LogP contribution in [0, 0.1) is 18.3 Å². The first-order chi connectivity index (χ1) is 13.6. The maximum Gasteiger partial charge on any atom is 0.229 e. The van der Waals surface area contributed by atoms with Gasteiger partial charge < -0.3 is 4.90 Å². The number of hydrogen-bond donors (Lipinski definition) is 0. The molecule has 28 heavy (non-hydrogen) atoms. The molecule has 2 aromatic carbocycles. The third kappa shape index (κ3) is 3.41. The Morgan fingerprint density at radius 3 is 2.61 bits per heavy atom. The number of carbonyl (C=O) groups is 1. The van der Waals surface area contributed by atoms with Crippen LogP contribution in [0.25, 0.3) is 0 Å². The lowest BCUT2D eigenvalue weighted by Crippen LogP contribution is -2.47. The van der Waals surface area contributed by atoms with Gasteiger partial charge in [0.05, 0.1) is 29.2 Å².